The van der Waals surface area contributed by atoms with Crippen molar-refractivity contribution >= 4 is 5.91 Å². The third-order valence-corrected chi connectivity index (χ3v) is 6.44. The van der Waals surface area contributed by atoms with Gasteiger partial charge in [-0.3, -0.25) is 4.79 Å². The number of likely N-dealkylation sites (tertiary alicyclic amines) is 1. The number of hydrogen-bond acceptors (Lipinski definition) is 3. The molecule has 4 heteroatoms. The largest absolute Gasteiger partial charge is 0.349 e. The van der Waals surface area contributed by atoms with Gasteiger partial charge in [-0.05, 0) is 49.8 Å². The van der Waals surface area contributed by atoms with Crippen LogP contribution in [-0.2, 0) is 4.79 Å². The van der Waals surface area contributed by atoms with Crippen LogP contribution >= 0.6 is 0 Å². The van der Waals surface area contributed by atoms with Crippen molar-refractivity contribution in [3.05, 3.63) is 35.9 Å². The number of carbonyl (C=O) groups excluding carboxylic acids is 1. The van der Waals surface area contributed by atoms with Crippen molar-refractivity contribution < 1.29 is 4.79 Å². The average molecular weight is 341 g/mol. The van der Waals surface area contributed by atoms with Crippen molar-refractivity contribution in [1.29, 1.82) is 0 Å². The highest BCUT2D eigenvalue weighted by atomic mass is 16.1. The van der Waals surface area contributed by atoms with E-state index in [9.17, 15) is 4.79 Å². The smallest absolute Gasteiger partial charge is 0.223 e. The molecule has 4 rings (SSSR count). The molecule has 2 aliphatic heterocycles. The van der Waals surface area contributed by atoms with Gasteiger partial charge in [0.05, 0.1) is 6.04 Å². The van der Waals surface area contributed by atoms with Gasteiger partial charge in [-0.1, -0.05) is 43.2 Å². The van der Waals surface area contributed by atoms with Crippen LogP contribution in [0.1, 0.15) is 43.7 Å². The van der Waals surface area contributed by atoms with Crippen molar-refractivity contribution in [2.45, 2.75) is 38.1 Å². The summed E-state index contributed by atoms with van der Waals surface area (Å²) in [6.45, 7) is 5.88. The van der Waals surface area contributed by atoms with E-state index < -0.39 is 0 Å². The van der Waals surface area contributed by atoms with Gasteiger partial charge in [0.1, 0.15) is 0 Å². The van der Waals surface area contributed by atoms with Gasteiger partial charge >= 0.3 is 0 Å². The molecular weight excluding hydrogens is 310 g/mol. The maximum atomic E-state index is 12.7. The fraction of sp³-hybridized carbons (Fsp3) is 0.667. The topological polar surface area (TPSA) is 44.4 Å². The van der Waals surface area contributed by atoms with E-state index in [0.717, 1.165) is 37.6 Å². The lowest BCUT2D eigenvalue weighted by Gasteiger charge is -2.24. The Kier molecular flexibility index (Phi) is 5.37. The molecule has 0 radical (unpaired) electrons. The summed E-state index contributed by atoms with van der Waals surface area (Å²) in [7, 11) is 0. The summed E-state index contributed by atoms with van der Waals surface area (Å²) < 4.78 is 0. The zero-order valence-corrected chi connectivity index (χ0v) is 15.1. The summed E-state index contributed by atoms with van der Waals surface area (Å²) in [6.07, 6.45) is 5.55. The Labute approximate surface area is 151 Å². The first-order valence-corrected chi connectivity index (χ1v) is 10.1. The van der Waals surface area contributed by atoms with Crippen LogP contribution in [0.3, 0.4) is 0 Å². The van der Waals surface area contributed by atoms with Crippen molar-refractivity contribution in [3.8, 4) is 0 Å². The molecule has 2 heterocycles. The number of carbonyl (C=O) groups is 1. The summed E-state index contributed by atoms with van der Waals surface area (Å²) in [4.78, 5) is 15.3. The highest BCUT2D eigenvalue weighted by molar-refractivity contribution is 5.79. The second-order valence-corrected chi connectivity index (χ2v) is 8.18. The van der Waals surface area contributed by atoms with Crippen LogP contribution in [0.2, 0.25) is 0 Å². The van der Waals surface area contributed by atoms with E-state index in [-0.39, 0.29) is 17.9 Å². The molecule has 1 aromatic rings. The first-order valence-electron chi connectivity index (χ1n) is 10.1. The van der Waals surface area contributed by atoms with Crippen molar-refractivity contribution in [2.75, 3.05) is 32.7 Å². The molecular formula is C21H31N3O. The molecule has 25 heavy (non-hydrogen) atoms. The predicted molar refractivity (Wildman–Crippen MR) is 100 cm³/mol. The van der Waals surface area contributed by atoms with Crippen molar-refractivity contribution in [1.82, 2.24) is 15.5 Å². The maximum Gasteiger partial charge on any atom is 0.223 e. The summed E-state index contributed by atoms with van der Waals surface area (Å²) in [5.74, 6) is 2.18. The molecule has 2 saturated heterocycles. The third-order valence-electron chi connectivity index (χ3n) is 6.44. The van der Waals surface area contributed by atoms with Gasteiger partial charge in [0.2, 0.25) is 5.91 Å². The molecule has 4 nitrogen and oxygen atoms in total. The number of benzene rings is 1. The third kappa shape index (κ3) is 4.06. The monoisotopic (exact) mass is 341 g/mol. The van der Waals surface area contributed by atoms with Crippen molar-refractivity contribution in [2.24, 2.45) is 17.8 Å². The Morgan fingerprint density at radius 2 is 1.80 bits per heavy atom. The fourth-order valence-corrected chi connectivity index (χ4v) is 4.93. The SMILES string of the molecule is O=C(N[C@H](CCN1CC2CNCC2C1)c1ccccc1)C1CCCC1. The minimum Gasteiger partial charge on any atom is -0.349 e. The molecule has 0 bridgehead atoms. The number of amides is 1. The maximum absolute atomic E-state index is 12.7. The van der Waals surface area contributed by atoms with Crippen LogP contribution in [0.5, 0.6) is 0 Å². The van der Waals surface area contributed by atoms with E-state index in [1.54, 1.807) is 0 Å². The van der Waals surface area contributed by atoms with Gasteiger partial charge in [0, 0.05) is 25.6 Å². The first-order chi connectivity index (χ1) is 12.3. The molecule has 3 aliphatic rings. The lowest BCUT2D eigenvalue weighted by atomic mass is 10.0. The predicted octanol–water partition coefficient (Wildman–Crippen LogP) is 2.58. The molecule has 1 saturated carbocycles. The molecule has 136 valence electrons. The molecule has 0 aromatic heterocycles. The summed E-state index contributed by atoms with van der Waals surface area (Å²) in [6, 6.07) is 10.7. The fourth-order valence-electron chi connectivity index (χ4n) is 4.93. The normalized spacial score (nSPS) is 28.2. The van der Waals surface area contributed by atoms with Gasteiger partial charge < -0.3 is 15.5 Å². The molecule has 2 unspecified atom stereocenters. The van der Waals surface area contributed by atoms with Gasteiger partial charge in [0.25, 0.3) is 0 Å². The standard InChI is InChI=1S/C21H31N3O/c25-21(17-8-4-5-9-17)23-20(16-6-2-1-3-7-16)10-11-24-14-18-12-22-13-19(18)15-24/h1-3,6-7,17-20,22H,4-5,8-15H2,(H,23,25)/t18?,19?,20-/m1/s1. The zero-order chi connectivity index (χ0) is 17.1. The van der Waals surface area contributed by atoms with Crippen molar-refractivity contribution in [3.63, 3.8) is 0 Å². The van der Waals surface area contributed by atoms with Crippen LogP contribution in [-0.4, -0.2) is 43.5 Å². The van der Waals surface area contributed by atoms with Gasteiger partial charge in [-0.15, -0.1) is 0 Å². The summed E-state index contributed by atoms with van der Waals surface area (Å²) in [5.41, 5.74) is 1.25. The number of nitrogens with zero attached hydrogens (tertiary/aromatic N) is 1. The second kappa shape index (κ2) is 7.88. The molecule has 3 atom stereocenters. The minimum absolute atomic E-state index is 0.146. The van der Waals surface area contributed by atoms with Crippen LogP contribution in [0, 0.1) is 17.8 Å². The van der Waals surface area contributed by atoms with E-state index in [4.69, 9.17) is 0 Å². The van der Waals surface area contributed by atoms with Gasteiger partial charge in [-0.2, -0.15) is 0 Å². The summed E-state index contributed by atoms with van der Waals surface area (Å²) in [5, 5.41) is 6.88. The number of rotatable bonds is 6. The van der Waals surface area contributed by atoms with Crippen LogP contribution in [0.25, 0.3) is 0 Å². The highest BCUT2D eigenvalue weighted by Gasteiger charge is 2.36. The van der Waals surface area contributed by atoms with Crippen LogP contribution in [0.15, 0.2) is 30.3 Å². The van der Waals surface area contributed by atoms with E-state index in [0.29, 0.717) is 0 Å². The lowest BCUT2D eigenvalue weighted by molar-refractivity contribution is -0.125. The highest BCUT2D eigenvalue weighted by Crippen LogP contribution is 2.29. The Morgan fingerprint density at radius 1 is 1.12 bits per heavy atom. The second-order valence-electron chi connectivity index (χ2n) is 8.18. The van der Waals surface area contributed by atoms with E-state index in [2.05, 4.69) is 39.8 Å². The number of nitrogens with one attached hydrogen (secondary N) is 2. The average Bonchev–Trinajstić information content (AvgIpc) is 3.35. The Balaban J connectivity index is 1.36. The first kappa shape index (κ1) is 17.0. The Morgan fingerprint density at radius 3 is 2.48 bits per heavy atom. The number of fused-ring (bicyclic) bond motifs is 1. The van der Waals surface area contributed by atoms with E-state index >= 15 is 0 Å². The number of hydrogen-bond donors (Lipinski definition) is 2. The molecule has 1 aromatic carbocycles. The minimum atomic E-state index is 0.146. The molecule has 3 fully saturated rings. The quantitative estimate of drug-likeness (QED) is 0.836. The van der Waals surface area contributed by atoms with Gasteiger partial charge in [-0.25, -0.2) is 0 Å². The Bertz CT molecular complexity index is 558. The molecule has 1 amide bonds. The van der Waals surface area contributed by atoms with Gasteiger partial charge in [0.15, 0.2) is 0 Å². The van der Waals surface area contributed by atoms with Crippen LogP contribution < -0.4 is 10.6 Å². The lowest BCUT2D eigenvalue weighted by Crippen LogP contribution is -2.35. The Hall–Kier alpha value is -1.39. The van der Waals surface area contributed by atoms with E-state index in [1.807, 2.05) is 6.07 Å². The zero-order valence-electron chi connectivity index (χ0n) is 15.1. The van der Waals surface area contributed by atoms with E-state index in [1.165, 1.54) is 44.6 Å². The molecule has 0 spiro atoms. The van der Waals surface area contributed by atoms with Crippen LogP contribution in [0.4, 0.5) is 0 Å². The summed E-state index contributed by atoms with van der Waals surface area (Å²) >= 11 is 0. The molecule has 1 aliphatic carbocycles. The molecule has 2 N–H and O–H groups in total.